The van der Waals surface area contributed by atoms with Crippen molar-refractivity contribution in [3.8, 4) is 0 Å². The third-order valence-corrected chi connectivity index (χ3v) is 4.93. The number of nitrogens with zero attached hydrogens (tertiary/aromatic N) is 2. The molecule has 0 bridgehead atoms. The normalized spacial score (nSPS) is 14.8. The van der Waals surface area contributed by atoms with E-state index in [1.165, 1.54) is 12.1 Å². The molecule has 142 valence electrons. The maximum absolute atomic E-state index is 13.4. The quantitative estimate of drug-likeness (QED) is 0.845. The number of carbonyl (C=O) groups excluding carboxylic acids is 1. The van der Waals surface area contributed by atoms with E-state index in [0.717, 1.165) is 18.4 Å². The second kappa shape index (κ2) is 8.16. The third-order valence-electron chi connectivity index (χ3n) is 4.93. The molecule has 7 heteroatoms. The molecule has 27 heavy (non-hydrogen) atoms. The zero-order valence-corrected chi connectivity index (χ0v) is 15.1. The Labute approximate surface area is 157 Å². The standard InChI is InChI=1S/C20H22FN3O3/c1-13-4-5-15(21)11-17(13)19(25)23-12-14-6-9-24(10-7-14)18-16(20(26)27)3-2-8-22-18/h2-5,8,11,14H,6-7,9-10,12H2,1H3,(H,23,25)(H,26,27). The lowest BCUT2D eigenvalue weighted by Gasteiger charge is -2.33. The van der Waals surface area contributed by atoms with Gasteiger partial charge in [0.05, 0.1) is 0 Å². The molecule has 1 aliphatic rings. The average molecular weight is 371 g/mol. The van der Waals surface area contributed by atoms with Crippen LogP contribution in [0.5, 0.6) is 0 Å². The summed E-state index contributed by atoms with van der Waals surface area (Å²) >= 11 is 0. The smallest absolute Gasteiger partial charge is 0.339 e. The van der Waals surface area contributed by atoms with Crippen molar-refractivity contribution in [2.75, 3.05) is 24.5 Å². The molecule has 3 rings (SSSR count). The van der Waals surface area contributed by atoms with Crippen LogP contribution in [0, 0.1) is 18.7 Å². The number of pyridine rings is 1. The first-order valence-corrected chi connectivity index (χ1v) is 8.93. The van der Waals surface area contributed by atoms with Crippen molar-refractivity contribution in [3.63, 3.8) is 0 Å². The number of carboxylic acids is 1. The van der Waals surface area contributed by atoms with Gasteiger partial charge in [-0.3, -0.25) is 4.79 Å². The maximum Gasteiger partial charge on any atom is 0.339 e. The largest absolute Gasteiger partial charge is 0.478 e. The van der Waals surface area contributed by atoms with Gasteiger partial charge in [0.2, 0.25) is 0 Å². The number of amides is 1. The summed E-state index contributed by atoms with van der Waals surface area (Å²) in [4.78, 5) is 29.8. The van der Waals surface area contributed by atoms with Crippen molar-refractivity contribution in [2.24, 2.45) is 5.92 Å². The molecule has 1 aromatic carbocycles. The minimum Gasteiger partial charge on any atom is -0.478 e. The van der Waals surface area contributed by atoms with Crippen molar-refractivity contribution in [3.05, 3.63) is 59.0 Å². The van der Waals surface area contributed by atoms with Gasteiger partial charge in [-0.05, 0) is 55.5 Å². The van der Waals surface area contributed by atoms with Gasteiger partial charge in [-0.1, -0.05) is 6.07 Å². The van der Waals surface area contributed by atoms with Crippen LogP contribution in [0.1, 0.15) is 39.1 Å². The lowest BCUT2D eigenvalue weighted by Crippen LogP contribution is -2.39. The number of benzene rings is 1. The van der Waals surface area contributed by atoms with Crippen molar-refractivity contribution < 1.29 is 19.1 Å². The summed E-state index contributed by atoms with van der Waals surface area (Å²) in [5, 5.41) is 12.2. The fourth-order valence-corrected chi connectivity index (χ4v) is 3.34. The van der Waals surface area contributed by atoms with E-state index >= 15 is 0 Å². The number of aromatic carboxylic acids is 1. The summed E-state index contributed by atoms with van der Waals surface area (Å²) in [6, 6.07) is 7.35. The number of aryl methyl sites for hydroxylation is 1. The van der Waals surface area contributed by atoms with E-state index in [4.69, 9.17) is 0 Å². The number of aromatic nitrogens is 1. The molecule has 1 saturated heterocycles. The van der Waals surface area contributed by atoms with Gasteiger partial charge in [0, 0.05) is 31.4 Å². The maximum atomic E-state index is 13.4. The van der Waals surface area contributed by atoms with Gasteiger partial charge < -0.3 is 15.3 Å². The van der Waals surface area contributed by atoms with Crippen LogP contribution in [-0.2, 0) is 0 Å². The van der Waals surface area contributed by atoms with E-state index < -0.39 is 11.8 Å². The number of hydrogen-bond donors (Lipinski definition) is 2. The zero-order chi connectivity index (χ0) is 19.4. The van der Waals surface area contributed by atoms with Crippen LogP contribution in [0.4, 0.5) is 10.2 Å². The predicted molar refractivity (Wildman–Crippen MR) is 99.6 cm³/mol. The Bertz CT molecular complexity index is 848. The van der Waals surface area contributed by atoms with E-state index in [-0.39, 0.29) is 17.4 Å². The lowest BCUT2D eigenvalue weighted by molar-refractivity contribution is 0.0696. The van der Waals surface area contributed by atoms with Crippen LogP contribution in [0.3, 0.4) is 0 Å². The molecule has 0 spiro atoms. The van der Waals surface area contributed by atoms with Crippen LogP contribution in [0.15, 0.2) is 36.5 Å². The molecule has 2 heterocycles. The van der Waals surface area contributed by atoms with Crippen molar-refractivity contribution >= 4 is 17.7 Å². The predicted octanol–water partition coefficient (Wildman–Crippen LogP) is 2.87. The van der Waals surface area contributed by atoms with Gasteiger partial charge in [-0.25, -0.2) is 14.2 Å². The first-order chi connectivity index (χ1) is 13.0. The number of piperidine rings is 1. The van der Waals surface area contributed by atoms with Gasteiger partial charge in [0.15, 0.2) is 0 Å². The molecule has 0 atom stereocenters. The molecular formula is C20H22FN3O3. The second-order valence-corrected chi connectivity index (χ2v) is 6.78. The lowest BCUT2D eigenvalue weighted by atomic mass is 9.96. The summed E-state index contributed by atoms with van der Waals surface area (Å²) in [7, 11) is 0. The highest BCUT2D eigenvalue weighted by Crippen LogP contribution is 2.24. The Balaban J connectivity index is 1.55. The van der Waals surface area contributed by atoms with Crippen molar-refractivity contribution in [1.82, 2.24) is 10.3 Å². The number of halogens is 1. The van der Waals surface area contributed by atoms with E-state index in [1.54, 1.807) is 31.3 Å². The molecule has 2 aromatic rings. The third kappa shape index (κ3) is 4.42. The van der Waals surface area contributed by atoms with Crippen molar-refractivity contribution in [1.29, 1.82) is 0 Å². The highest BCUT2D eigenvalue weighted by atomic mass is 19.1. The Hall–Kier alpha value is -2.96. The summed E-state index contributed by atoms with van der Waals surface area (Å²) in [6.07, 6.45) is 3.23. The molecule has 0 aliphatic carbocycles. The summed E-state index contributed by atoms with van der Waals surface area (Å²) in [5.74, 6) is -0.909. The van der Waals surface area contributed by atoms with Gasteiger partial charge in [0.25, 0.3) is 5.91 Å². The minimum absolute atomic E-state index is 0.200. The van der Waals surface area contributed by atoms with E-state index in [2.05, 4.69) is 10.3 Å². The Morgan fingerprint density at radius 1 is 1.26 bits per heavy atom. The number of hydrogen-bond acceptors (Lipinski definition) is 4. The first-order valence-electron chi connectivity index (χ1n) is 8.93. The molecule has 0 radical (unpaired) electrons. The van der Waals surface area contributed by atoms with Gasteiger partial charge >= 0.3 is 5.97 Å². The fraction of sp³-hybridized carbons (Fsp3) is 0.350. The highest BCUT2D eigenvalue weighted by Gasteiger charge is 2.24. The van der Waals surface area contributed by atoms with Crippen LogP contribution < -0.4 is 10.2 Å². The Morgan fingerprint density at radius 3 is 2.70 bits per heavy atom. The summed E-state index contributed by atoms with van der Waals surface area (Å²) in [5.41, 5.74) is 1.29. The molecule has 1 amide bonds. The van der Waals surface area contributed by atoms with Crippen LogP contribution >= 0.6 is 0 Å². The van der Waals surface area contributed by atoms with Gasteiger partial charge in [0.1, 0.15) is 17.2 Å². The molecule has 0 saturated carbocycles. The molecule has 6 nitrogen and oxygen atoms in total. The monoisotopic (exact) mass is 371 g/mol. The molecular weight excluding hydrogens is 349 g/mol. The number of rotatable bonds is 5. The topological polar surface area (TPSA) is 82.5 Å². The van der Waals surface area contributed by atoms with E-state index in [0.29, 0.717) is 31.0 Å². The summed E-state index contributed by atoms with van der Waals surface area (Å²) < 4.78 is 13.4. The highest BCUT2D eigenvalue weighted by molar-refractivity contribution is 5.95. The van der Waals surface area contributed by atoms with Crippen LogP contribution in [0.2, 0.25) is 0 Å². The molecule has 2 N–H and O–H groups in total. The molecule has 1 aliphatic heterocycles. The van der Waals surface area contributed by atoms with Crippen LogP contribution in [0.25, 0.3) is 0 Å². The molecule has 1 aromatic heterocycles. The van der Waals surface area contributed by atoms with E-state index in [9.17, 15) is 19.1 Å². The number of nitrogens with one attached hydrogen (secondary N) is 1. The average Bonchev–Trinajstić information content (AvgIpc) is 2.68. The second-order valence-electron chi connectivity index (χ2n) is 6.78. The van der Waals surface area contributed by atoms with Gasteiger partial charge in [-0.15, -0.1) is 0 Å². The SMILES string of the molecule is Cc1ccc(F)cc1C(=O)NCC1CCN(c2ncccc2C(=O)O)CC1. The Morgan fingerprint density at radius 2 is 2.00 bits per heavy atom. The number of carboxylic acid groups (broad SMARTS) is 1. The zero-order valence-electron chi connectivity index (χ0n) is 15.1. The van der Waals surface area contributed by atoms with Crippen LogP contribution in [-0.4, -0.2) is 41.6 Å². The number of anilines is 1. The Kier molecular flexibility index (Phi) is 5.69. The summed E-state index contributed by atoms with van der Waals surface area (Å²) in [6.45, 7) is 3.64. The van der Waals surface area contributed by atoms with Gasteiger partial charge in [-0.2, -0.15) is 0 Å². The first kappa shape index (κ1) is 18.8. The minimum atomic E-state index is -0.988. The molecule has 1 fully saturated rings. The number of carbonyl (C=O) groups is 2. The fourth-order valence-electron chi connectivity index (χ4n) is 3.34. The van der Waals surface area contributed by atoms with E-state index in [1.807, 2.05) is 4.90 Å². The molecule has 0 unspecified atom stereocenters. The van der Waals surface area contributed by atoms with Crippen molar-refractivity contribution in [2.45, 2.75) is 19.8 Å².